The van der Waals surface area contributed by atoms with E-state index in [1.165, 1.54) is 10.6 Å². The highest BCUT2D eigenvalue weighted by molar-refractivity contribution is 7.09. The van der Waals surface area contributed by atoms with Gasteiger partial charge in [0.2, 0.25) is 0 Å². The summed E-state index contributed by atoms with van der Waals surface area (Å²) in [5.41, 5.74) is 4.12. The van der Waals surface area contributed by atoms with Crippen molar-refractivity contribution in [2.24, 2.45) is 7.05 Å². The molecule has 0 bridgehead atoms. The molecule has 0 aliphatic carbocycles. The lowest BCUT2D eigenvalue weighted by Gasteiger charge is -2.11. The predicted molar refractivity (Wildman–Crippen MR) is 100 cm³/mol. The molecule has 2 unspecified atom stereocenters. The summed E-state index contributed by atoms with van der Waals surface area (Å²) in [7, 11) is 2.09. The fourth-order valence-corrected chi connectivity index (χ4v) is 3.76. The van der Waals surface area contributed by atoms with E-state index in [9.17, 15) is 0 Å². The number of aromatic nitrogens is 4. The first-order valence-electron chi connectivity index (χ1n) is 8.78. The lowest BCUT2D eigenvalue weighted by Crippen LogP contribution is -2.07. The van der Waals surface area contributed by atoms with E-state index in [2.05, 4.69) is 49.3 Å². The van der Waals surface area contributed by atoms with Gasteiger partial charge in [-0.1, -0.05) is 27.7 Å². The molecule has 0 amide bonds. The van der Waals surface area contributed by atoms with Crippen LogP contribution in [-0.2, 0) is 19.9 Å². The number of hydrogen-bond donors (Lipinski definition) is 0. The smallest absolute Gasteiger partial charge is 0.194 e. The van der Waals surface area contributed by atoms with Crippen molar-refractivity contribution >= 4 is 11.3 Å². The van der Waals surface area contributed by atoms with Gasteiger partial charge in [0.15, 0.2) is 5.89 Å². The predicted octanol–water partition coefficient (Wildman–Crippen LogP) is 4.68. The van der Waals surface area contributed by atoms with Crippen LogP contribution in [-0.4, -0.2) is 19.5 Å². The molecule has 6 heteroatoms. The Kier molecular flexibility index (Phi) is 5.37. The van der Waals surface area contributed by atoms with Crippen molar-refractivity contribution in [3.63, 3.8) is 0 Å². The summed E-state index contributed by atoms with van der Waals surface area (Å²) in [6.45, 7) is 8.72. The van der Waals surface area contributed by atoms with Gasteiger partial charge in [0, 0.05) is 54.2 Å². The number of rotatable bonds is 7. The Hall–Kier alpha value is -1.95. The van der Waals surface area contributed by atoms with Gasteiger partial charge in [0.25, 0.3) is 0 Å². The van der Waals surface area contributed by atoms with E-state index in [1.807, 2.05) is 17.9 Å². The summed E-state index contributed by atoms with van der Waals surface area (Å²) in [5.74, 6) is 3.03. The van der Waals surface area contributed by atoms with E-state index in [4.69, 9.17) is 9.40 Å². The lowest BCUT2D eigenvalue weighted by atomic mass is 10.0. The summed E-state index contributed by atoms with van der Waals surface area (Å²) in [6.07, 6.45) is 7.43. The minimum atomic E-state index is 0.298. The van der Waals surface area contributed by atoms with Crippen molar-refractivity contribution in [1.29, 1.82) is 0 Å². The Balaban J connectivity index is 1.65. The second-order valence-corrected chi connectivity index (χ2v) is 8.02. The highest BCUT2D eigenvalue weighted by Gasteiger charge is 2.18. The molecule has 0 radical (unpaired) electrons. The van der Waals surface area contributed by atoms with Crippen LogP contribution in [0.3, 0.4) is 0 Å². The molecule has 5 nitrogen and oxygen atoms in total. The fraction of sp³-hybridized carbons (Fsp3) is 0.526. The van der Waals surface area contributed by atoms with Crippen LogP contribution in [0.5, 0.6) is 0 Å². The zero-order valence-corrected chi connectivity index (χ0v) is 16.4. The highest BCUT2D eigenvalue weighted by Crippen LogP contribution is 2.26. The van der Waals surface area contributed by atoms with Crippen LogP contribution >= 0.6 is 11.3 Å². The standard InChI is InChI=1S/C19H26N4OS/c1-12(2)19-21-8-15(23(19)5)6-13(3)16-10-24-18(22-16)7-14(4)17-9-20-11-25-17/h8-14H,6-7H2,1-5H3. The quantitative estimate of drug-likeness (QED) is 0.615. The molecule has 0 spiro atoms. The highest BCUT2D eigenvalue weighted by atomic mass is 32.1. The monoisotopic (exact) mass is 358 g/mol. The van der Waals surface area contributed by atoms with Crippen LogP contribution in [0, 0.1) is 0 Å². The van der Waals surface area contributed by atoms with Gasteiger partial charge in [-0.05, 0) is 6.42 Å². The molecule has 3 heterocycles. The molecule has 0 aliphatic rings. The van der Waals surface area contributed by atoms with Crippen LogP contribution in [0.25, 0.3) is 0 Å². The molecule has 0 aromatic carbocycles. The molecular weight excluding hydrogens is 332 g/mol. The van der Waals surface area contributed by atoms with Gasteiger partial charge in [0.05, 0.1) is 11.2 Å². The first-order valence-corrected chi connectivity index (χ1v) is 9.66. The van der Waals surface area contributed by atoms with Gasteiger partial charge < -0.3 is 8.98 Å². The number of imidazole rings is 1. The maximum Gasteiger partial charge on any atom is 0.194 e. The van der Waals surface area contributed by atoms with Crippen molar-refractivity contribution in [3.8, 4) is 0 Å². The Morgan fingerprint density at radius 1 is 1.12 bits per heavy atom. The van der Waals surface area contributed by atoms with E-state index < -0.39 is 0 Å². The van der Waals surface area contributed by atoms with Crippen LogP contribution in [0.15, 0.2) is 28.6 Å². The molecular formula is C19H26N4OS. The van der Waals surface area contributed by atoms with Gasteiger partial charge in [-0.25, -0.2) is 9.97 Å². The third-order valence-electron chi connectivity index (χ3n) is 4.64. The molecule has 0 aliphatic heterocycles. The maximum absolute atomic E-state index is 5.72. The van der Waals surface area contributed by atoms with E-state index in [1.54, 1.807) is 17.6 Å². The molecule has 0 saturated heterocycles. The number of hydrogen-bond acceptors (Lipinski definition) is 5. The molecule has 3 aromatic rings. The summed E-state index contributed by atoms with van der Waals surface area (Å²) < 4.78 is 7.92. The third-order valence-corrected chi connectivity index (χ3v) is 5.65. The molecule has 0 fully saturated rings. The summed E-state index contributed by atoms with van der Waals surface area (Å²) in [5, 5.41) is 0. The molecule has 3 rings (SSSR count). The van der Waals surface area contributed by atoms with E-state index in [0.29, 0.717) is 17.8 Å². The average Bonchev–Trinajstić information content (AvgIpc) is 3.29. The molecule has 134 valence electrons. The molecule has 0 N–H and O–H groups in total. The van der Waals surface area contributed by atoms with Crippen LogP contribution in [0.2, 0.25) is 0 Å². The van der Waals surface area contributed by atoms with Crippen molar-refractivity contribution in [2.75, 3.05) is 0 Å². The Bertz CT molecular complexity index is 803. The lowest BCUT2D eigenvalue weighted by molar-refractivity contribution is 0.478. The summed E-state index contributed by atoms with van der Waals surface area (Å²) in [4.78, 5) is 14.7. The number of nitrogens with zero attached hydrogens (tertiary/aromatic N) is 4. The maximum atomic E-state index is 5.72. The van der Waals surface area contributed by atoms with Gasteiger partial charge >= 0.3 is 0 Å². The molecule has 2 atom stereocenters. The first-order chi connectivity index (χ1) is 12.0. The Morgan fingerprint density at radius 2 is 1.92 bits per heavy atom. The van der Waals surface area contributed by atoms with Crippen molar-refractivity contribution < 1.29 is 4.42 Å². The van der Waals surface area contributed by atoms with Crippen molar-refractivity contribution in [1.82, 2.24) is 19.5 Å². The molecule has 3 aromatic heterocycles. The van der Waals surface area contributed by atoms with E-state index in [-0.39, 0.29) is 0 Å². The first kappa shape index (κ1) is 17.9. The second kappa shape index (κ2) is 7.52. The van der Waals surface area contributed by atoms with Crippen LogP contribution < -0.4 is 0 Å². The topological polar surface area (TPSA) is 56.7 Å². The van der Waals surface area contributed by atoms with E-state index in [0.717, 1.165) is 30.3 Å². The van der Waals surface area contributed by atoms with Crippen molar-refractivity contribution in [3.05, 3.63) is 52.1 Å². The van der Waals surface area contributed by atoms with Crippen LogP contribution in [0.1, 0.15) is 73.4 Å². The SMILES string of the molecule is CC(C)c1ncc(CC(C)c2coc(CC(C)c3cncs3)n2)n1C. The fourth-order valence-electron chi connectivity index (χ4n) is 3.08. The Morgan fingerprint density at radius 3 is 2.56 bits per heavy atom. The van der Waals surface area contributed by atoms with E-state index >= 15 is 0 Å². The minimum Gasteiger partial charge on any atom is -0.449 e. The second-order valence-electron chi connectivity index (χ2n) is 7.10. The molecule has 0 saturated carbocycles. The summed E-state index contributed by atoms with van der Waals surface area (Å²) >= 11 is 1.68. The molecule has 25 heavy (non-hydrogen) atoms. The largest absolute Gasteiger partial charge is 0.449 e. The van der Waals surface area contributed by atoms with Gasteiger partial charge in [-0.3, -0.25) is 4.98 Å². The normalized spacial score (nSPS) is 14.2. The number of thiazole rings is 1. The number of oxazole rings is 1. The van der Waals surface area contributed by atoms with Crippen LogP contribution in [0.4, 0.5) is 0 Å². The van der Waals surface area contributed by atoms with Gasteiger partial charge in [0.1, 0.15) is 12.1 Å². The van der Waals surface area contributed by atoms with Gasteiger partial charge in [-0.2, -0.15) is 0 Å². The Labute approximate surface area is 153 Å². The summed E-state index contributed by atoms with van der Waals surface area (Å²) in [6, 6.07) is 0. The van der Waals surface area contributed by atoms with Crippen molar-refractivity contribution in [2.45, 2.75) is 58.3 Å². The third kappa shape index (κ3) is 4.00. The zero-order valence-electron chi connectivity index (χ0n) is 15.6. The zero-order chi connectivity index (χ0) is 18.0. The minimum absolute atomic E-state index is 0.298. The van der Waals surface area contributed by atoms with Gasteiger partial charge in [-0.15, -0.1) is 11.3 Å². The average molecular weight is 359 g/mol.